The predicted octanol–water partition coefficient (Wildman–Crippen LogP) is 10.7. The van der Waals surface area contributed by atoms with Crippen LogP contribution in [0.25, 0.3) is 0 Å². The molecule has 0 bridgehead atoms. The molecule has 1 amide bonds. The van der Waals surface area contributed by atoms with Crippen molar-refractivity contribution in [2.75, 3.05) is 19.8 Å². The van der Waals surface area contributed by atoms with Crippen LogP contribution in [0.1, 0.15) is 271 Å². The highest BCUT2D eigenvalue weighted by molar-refractivity contribution is 5.76. The smallest absolute Gasteiger partial charge is 0.220 e. The Labute approximate surface area is 450 Å². The van der Waals surface area contributed by atoms with Crippen molar-refractivity contribution >= 4 is 5.91 Å². The van der Waals surface area contributed by atoms with Crippen molar-refractivity contribution in [3.8, 4) is 0 Å². The van der Waals surface area contributed by atoms with Crippen molar-refractivity contribution in [3.63, 3.8) is 0 Å². The Morgan fingerprint density at radius 3 is 1.24 bits per heavy atom. The highest BCUT2D eigenvalue weighted by Crippen LogP contribution is 2.30. The lowest BCUT2D eigenvalue weighted by atomic mass is 9.97. The van der Waals surface area contributed by atoms with Crippen LogP contribution in [-0.4, -0.2) is 140 Å². The van der Waals surface area contributed by atoms with E-state index in [9.17, 15) is 45.6 Å². The average molecular weight is 1060 g/mol. The van der Waals surface area contributed by atoms with Crippen molar-refractivity contribution in [2.45, 2.75) is 344 Å². The SMILES string of the molecule is CCCCCCCCCCCCCCCC/C=C/C(O)C(COC1OC(CO)C(OC2OC(CO)C(O)C(O)C2O)C(O)C1O)NC(=O)CCCCCCCCCCCCCCCCCCCCCCCCCC. The third-order valence-electron chi connectivity index (χ3n) is 15.5. The number of carbonyl (C=O) groups excluding carboxylic acids is 1. The number of amides is 1. The number of hydrogen-bond donors (Lipinski definition) is 9. The van der Waals surface area contributed by atoms with Gasteiger partial charge in [0, 0.05) is 6.42 Å². The maximum Gasteiger partial charge on any atom is 0.220 e. The largest absolute Gasteiger partial charge is 0.394 e. The van der Waals surface area contributed by atoms with Crippen LogP contribution in [0.15, 0.2) is 12.2 Å². The summed E-state index contributed by atoms with van der Waals surface area (Å²) in [5.41, 5.74) is 0. The molecule has 14 nitrogen and oxygen atoms in total. The van der Waals surface area contributed by atoms with E-state index in [-0.39, 0.29) is 18.9 Å². The molecule has 0 saturated carbocycles. The molecular weight excluding hydrogens is 943 g/mol. The van der Waals surface area contributed by atoms with Crippen LogP contribution in [0.3, 0.4) is 0 Å². The van der Waals surface area contributed by atoms with Crippen LogP contribution >= 0.6 is 0 Å². The van der Waals surface area contributed by atoms with Crippen LogP contribution in [0.4, 0.5) is 0 Å². The molecule has 0 aromatic carbocycles. The third kappa shape index (κ3) is 32.0. The Hall–Kier alpha value is -1.27. The second-order valence-electron chi connectivity index (χ2n) is 22.2. The molecule has 2 rings (SSSR count). The fourth-order valence-corrected chi connectivity index (χ4v) is 10.5. The summed E-state index contributed by atoms with van der Waals surface area (Å²) in [7, 11) is 0. The summed E-state index contributed by atoms with van der Waals surface area (Å²) >= 11 is 0. The van der Waals surface area contributed by atoms with Crippen LogP contribution in [-0.2, 0) is 23.7 Å². The maximum atomic E-state index is 13.3. The standard InChI is InChI=1S/C60H115NO13/c1-3-5-7-9-11-13-15-17-19-21-22-23-24-25-26-27-28-30-32-34-36-38-40-42-44-52(65)61-48(49(64)43-41-39-37-35-33-31-29-20-18-16-14-12-10-8-6-4-2)47-71-59-57(70)55(68)58(51(46-63)73-59)74-60-56(69)54(67)53(66)50(45-62)72-60/h41,43,48-51,53-60,62-64,66-70H,3-40,42,44-47H2,1-2H3,(H,61,65)/b43-41+. The monoisotopic (exact) mass is 1060 g/mol. The Bertz CT molecular complexity index is 1290. The lowest BCUT2D eigenvalue weighted by molar-refractivity contribution is -0.359. The van der Waals surface area contributed by atoms with Crippen molar-refractivity contribution in [1.29, 1.82) is 0 Å². The molecule has 9 N–H and O–H groups in total. The molecule has 74 heavy (non-hydrogen) atoms. The molecule has 2 fully saturated rings. The van der Waals surface area contributed by atoms with Crippen molar-refractivity contribution in [1.82, 2.24) is 5.32 Å². The highest BCUT2D eigenvalue weighted by Gasteiger charge is 2.51. The maximum absolute atomic E-state index is 13.3. The number of carbonyl (C=O) groups is 1. The Kier molecular flexibility index (Phi) is 43.4. The quantitative estimate of drug-likeness (QED) is 0.0204. The second-order valence-corrected chi connectivity index (χ2v) is 22.2. The molecule has 12 unspecified atom stereocenters. The fourth-order valence-electron chi connectivity index (χ4n) is 10.5. The third-order valence-corrected chi connectivity index (χ3v) is 15.5. The molecular formula is C60H115NO13. The number of aliphatic hydroxyl groups is 8. The van der Waals surface area contributed by atoms with Gasteiger partial charge in [0.15, 0.2) is 12.6 Å². The number of aliphatic hydroxyl groups excluding tert-OH is 8. The van der Waals surface area contributed by atoms with Gasteiger partial charge >= 0.3 is 0 Å². The minimum absolute atomic E-state index is 0.233. The first-order valence-electron chi connectivity index (χ1n) is 30.9. The summed E-state index contributed by atoms with van der Waals surface area (Å²) in [6, 6.07) is -0.909. The normalized spacial score (nSPS) is 25.2. The van der Waals surface area contributed by atoms with Crippen molar-refractivity contribution in [3.05, 3.63) is 12.2 Å². The van der Waals surface area contributed by atoms with Gasteiger partial charge in [0.1, 0.15) is 48.8 Å². The van der Waals surface area contributed by atoms with E-state index in [1.165, 1.54) is 205 Å². The number of nitrogens with one attached hydrogen (secondary N) is 1. The molecule has 12 atom stereocenters. The van der Waals surface area contributed by atoms with E-state index in [2.05, 4.69) is 19.2 Å². The van der Waals surface area contributed by atoms with Crippen LogP contribution in [0.5, 0.6) is 0 Å². The van der Waals surface area contributed by atoms with Crippen LogP contribution < -0.4 is 5.32 Å². The summed E-state index contributed by atoms with van der Waals surface area (Å²) in [4.78, 5) is 13.3. The van der Waals surface area contributed by atoms with Crippen LogP contribution in [0.2, 0.25) is 0 Å². The van der Waals surface area contributed by atoms with E-state index >= 15 is 0 Å². The first-order valence-corrected chi connectivity index (χ1v) is 30.9. The van der Waals surface area contributed by atoms with E-state index in [0.717, 1.165) is 38.5 Å². The van der Waals surface area contributed by atoms with Gasteiger partial charge in [-0.15, -0.1) is 0 Å². The van der Waals surface area contributed by atoms with Gasteiger partial charge in [-0.1, -0.05) is 257 Å². The van der Waals surface area contributed by atoms with Crippen molar-refractivity contribution < 1.29 is 64.6 Å². The molecule has 0 aromatic rings. The van der Waals surface area contributed by atoms with E-state index in [1.54, 1.807) is 6.08 Å². The summed E-state index contributed by atoms with van der Waals surface area (Å²) in [6.45, 7) is 2.83. The molecule has 2 heterocycles. The molecule has 2 aliphatic heterocycles. The zero-order valence-corrected chi connectivity index (χ0v) is 47.1. The zero-order chi connectivity index (χ0) is 53.9. The Morgan fingerprint density at radius 1 is 0.473 bits per heavy atom. The summed E-state index contributed by atoms with van der Waals surface area (Å²) in [6.07, 6.45) is 36.8. The van der Waals surface area contributed by atoms with Crippen molar-refractivity contribution in [2.24, 2.45) is 0 Å². The number of ether oxygens (including phenoxy) is 4. The summed E-state index contributed by atoms with van der Waals surface area (Å²) < 4.78 is 22.8. The molecule has 2 aliphatic rings. The molecule has 14 heteroatoms. The molecule has 0 radical (unpaired) electrons. The van der Waals surface area contributed by atoms with E-state index in [4.69, 9.17) is 18.9 Å². The zero-order valence-electron chi connectivity index (χ0n) is 47.1. The number of allylic oxidation sites excluding steroid dienone is 1. The molecule has 438 valence electrons. The fraction of sp³-hybridized carbons (Fsp3) is 0.950. The van der Waals surface area contributed by atoms with Gasteiger partial charge in [-0.2, -0.15) is 0 Å². The number of hydrogen-bond acceptors (Lipinski definition) is 13. The molecule has 0 aliphatic carbocycles. The first kappa shape index (κ1) is 68.8. The average Bonchev–Trinajstić information content (AvgIpc) is 3.40. The summed E-state index contributed by atoms with van der Waals surface area (Å²) in [5, 5.41) is 87.1. The number of unbranched alkanes of at least 4 members (excludes halogenated alkanes) is 37. The van der Waals surface area contributed by atoms with Gasteiger partial charge in [0.05, 0.1) is 32.0 Å². The van der Waals surface area contributed by atoms with E-state index in [0.29, 0.717) is 6.42 Å². The highest BCUT2D eigenvalue weighted by atomic mass is 16.7. The van der Waals surface area contributed by atoms with Gasteiger partial charge in [-0.05, 0) is 19.3 Å². The van der Waals surface area contributed by atoms with Gasteiger partial charge < -0.3 is 65.1 Å². The lowest BCUT2D eigenvalue weighted by Crippen LogP contribution is -2.65. The summed E-state index contributed by atoms with van der Waals surface area (Å²) in [5.74, 6) is -0.233. The van der Waals surface area contributed by atoms with Gasteiger partial charge in [-0.25, -0.2) is 0 Å². The predicted molar refractivity (Wildman–Crippen MR) is 295 cm³/mol. The molecule has 0 spiro atoms. The first-order chi connectivity index (χ1) is 36.1. The lowest BCUT2D eigenvalue weighted by Gasteiger charge is -2.46. The minimum Gasteiger partial charge on any atom is -0.394 e. The van der Waals surface area contributed by atoms with E-state index < -0.39 is 86.8 Å². The molecule has 0 aromatic heterocycles. The minimum atomic E-state index is -1.79. The topological polar surface area (TPSA) is 228 Å². The number of rotatable bonds is 50. The van der Waals surface area contributed by atoms with Gasteiger partial charge in [-0.3, -0.25) is 4.79 Å². The Morgan fingerprint density at radius 2 is 0.838 bits per heavy atom. The van der Waals surface area contributed by atoms with Gasteiger partial charge in [0.2, 0.25) is 5.91 Å². The second kappa shape index (κ2) is 46.6. The van der Waals surface area contributed by atoms with Crippen LogP contribution in [0, 0.1) is 0 Å². The molecule has 2 saturated heterocycles. The van der Waals surface area contributed by atoms with E-state index in [1.807, 2.05) is 6.08 Å². The Balaban J connectivity index is 1.73. The van der Waals surface area contributed by atoms with Gasteiger partial charge in [0.25, 0.3) is 0 Å².